The Morgan fingerprint density at radius 3 is 2.90 bits per heavy atom. The van der Waals surface area contributed by atoms with Gasteiger partial charge in [0.05, 0.1) is 0 Å². The van der Waals surface area contributed by atoms with Crippen LogP contribution in [-0.2, 0) is 19.1 Å². The number of esters is 1. The van der Waals surface area contributed by atoms with Crippen molar-refractivity contribution in [3.05, 3.63) is 21.6 Å². The van der Waals surface area contributed by atoms with E-state index in [0.29, 0.717) is 15.6 Å². The van der Waals surface area contributed by atoms with Gasteiger partial charge in [-0.1, -0.05) is 11.8 Å². The molecule has 7 nitrogen and oxygen atoms in total. The predicted molar refractivity (Wildman–Crippen MR) is 72.4 cm³/mol. The molecule has 2 atom stereocenters. The number of thioether (sulfide) groups is 2. The first-order valence-electron chi connectivity index (χ1n) is 5.71. The first-order valence-corrected chi connectivity index (χ1v) is 7.57. The van der Waals surface area contributed by atoms with Crippen molar-refractivity contribution in [2.75, 3.05) is 12.4 Å². The van der Waals surface area contributed by atoms with Gasteiger partial charge in [0.25, 0.3) is 0 Å². The van der Waals surface area contributed by atoms with Crippen LogP contribution in [0.2, 0.25) is 0 Å². The number of nitrogens with two attached hydrogens (primary N) is 1. The number of hydrogen-bond donors (Lipinski definition) is 2. The monoisotopic (exact) mass is 314 g/mol. The Labute approximate surface area is 122 Å². The van der Waals surface area contributed by atoms with Crippen molar-refractivity contribution >= 4 is 41.4 Å². The number of rotatable bonds is 3. The van der Waals surface area contributed by atoms with Crippen LogP contribution in [0.4, 0.5) is 0 Å². The lowest BCUT2D eigenvalue weighted by Gasteiger charge is -2.47. The summed E-state index contributed by atoms with van der Waals surface area (Å²) in [6, 6.07) is -0.642. The van der Waals surface area contributed by atoms with Crippen LogP contribution in [0, 0.1) is 0 Å². The summed E-state index contributed by atoms with van der Waals surface area (Å²) in [5.41, 5.74) is 5.62. The van der Waals surface area contributed by atoms with E-state index in [4.69, 9.17) is 10.5 Å². The van der Waals surface area contributed by atoms with Crippen molar-refractivity contribution in [3.8, 4) is 0 Å². The molecule has 0 bridgehead atoms. The fourth-order valence-corrected chi connectivity index (χ4v) is 4.59. The molecule has 3 aliphatic heterocycles. The topological polar surface area (TPSA) is 110 Å². The average Bonchev–Trinajstić information content (AvgIpc) is 2.82. The van der Waals surface area contributed by atoms with Gasteiger partial charge in [-0.25, -0.2) is 9.59 Å². The highest BCUT2D eigenvalue weighted by Crippen LogP contribution is 2.44. The van der Waals surface area contributed by atoms with Crippen LogP contribution in [0.5, 0.6) is 0 Å². The Morgan fingerprint density at radius 1 is 1.55 bits per heavy atom. The first-order chi connectivity index (χ1) is 9.49. The highest BCUT2D eigenvalue weighted by molar-refractivity contribution is 8.09. The number of aliphatic carboxylic acids is 1. The molecule has 3 heterocycles. The second kappa shape index (κ2) is 4.83. The van der Waals surface area contributed by atoms with Gasteiger partial charge in [0.1, 0.15) is 23.7 Å². The van der Waals surface area contributed by atoms with Crippen LogP contribution in [0.1, 0.15) is 0 Å². The fourth-order valence-electron chi connectivity index (χ4n) is 2.14. The Bertz CT molecular complexity index is 585. The van der Waals surface area contributed by atoms with Crippen molar-refractivity contribution in [2.24, 2.45) is 5.73 Å². The third kappa shape index (κ3) is 2.02. The molecule has 0 aromatic heterocycles. The zero-order valence-electron chi connectivity index (χ0n) is 10.1. The molecule has 0 spiro atoms. The third-order valence-electron chi connectivity index (χ3n) is 3.07. The molecule has 0 saturated carbocycles. The number of carbonyl (C=O) groups is 3. The molecule has 1 fully saturated rings. The maximum absolute atomic E-state index is 11.7. The van der Waals surface area contributed by atoms with Gasteiger partial charge in [0, 0.05) is 21.6 Å². The number of ether oxygens (including phenoxy) is 1. The molecule has 20 heavy (non-hydrogen) atoms. The molecule has 0 unspecified atom stereocenters. The smallest absolute Gasteiger partial charge is 0.353 e. The molecular formula is C11H10N2O5S2. The number of carboxylic acids is 1. The molecule has 0 radical (unpaired) electrons. The van der Waals surface area contributed by atoms with Gasteiger partial charge in [-0.15, -0.1) is 11.8 Å². The first kappa shape index (κ1) is 13.5. The van der Waals surface area contributed by atoms with Gasteiger partial charge in [-0.3, -0.25) is 9.69 Å². The van der Waals surface area contributed by atoms with E-state index in [9.17, 15) is 19.5 Å². The predicted octanol–water partition coefficient (Wildman–Crippen LogP) is -0.301. The lowest BCUT2D eigenvalue weighted by molar-refractivity contribution is -0.147. The SMILES string of the molecule is N[C@@H]1C(=O)N2C(C(=O)O)=C(SC3=CC(=O)OC3)CS[C@H]12. The third-order valence-corrected chi connectivity index (χ3v) is 5.63. The molecule has 1 amide bonds. The maximum atomic E-state index is 11.7. The minimum absolute atomic E-state index is 0.0364. The molecular weight excluding hydrogens is 304 g/mol. The molecule has 3 N–H and O–H groups in total. The van der Waals surface area contributed by atoms with Crippen LogP contribution in [0.3, 0.4) is 0 Å². The summed E-state index contributed by atoms with van der Waals surface area (Å²) in [4.78, 5) is 36.5. The average molecular weight is 314 g/mol. The highest BCUT2D eigenvalue weighted by atomic mass is 32.2. The van der Waals surface area contributed by atoms with Crippen LogP contribution in [0.25, 0.3) is 0 Å². The van der Waals surface area contributed by atoms with Gasteiger partial charge in [-0.2, -0.15) is 0 Å². The second-order valence-corrected chi connectivity index (χ2v) is 6.66. The molecule has 0 aromatic carbocycles. The Balaban J connectivity index is 1.90. The van der Waals surface area contributed by atoms with Crippen molar-refractivity contribution < 1.29 is 24.2 Å². The molecule has 3 aliphatic rings. The van der Waals surface area contributed by atoms with E-state index in [0.717, 1.165) is 0 Å². The highest BCUT2D eigenvalue weighted by Gasteiger charge is 2.52. The van der Waals surface area contributed by atoms with Gasteiger partial charge in [0.15, 0.2) is 0 Å². The van der Waals surface area contributed by atoms with Crippen LogP contribution < -0.4 is 5.73 Å². The summed E-state index contributed by atoms with van der Waals surface area (Å²) < 4.78 is 4.77. The summed E-state index contributed by atoms with van der Waals surface area (Å²) in [6.07, 6.45) is 1.33. The fraction of sp³-hybridized carbons (Fsp3) is 0.364. The quantitative estimate of drug-likeness (QED) is 0.539. The molecule has 1 saturated heterocycles. The summed E-state index contributed by atoms with van der Waals surface area (Å²) in [7, 11) is 0. The Hall–Kier alpha value is -1.45. The number of fused-ring (bicyclic) bond motifs is 1. The summed E-state index contributed by atoms with van der Waals surface area (Å²) in [5.74, 6) is -1.54. The molecule has 3 rings (SSSR count). The van der Waals surface area contributed by atoms with E-state index in [-0.39, 0.29) is 23.6 Å². The van der Waals surface area contributed by atoms with Gasteiger partial charge >= 0.3 is 11.9 Å². The zero-order valence-corrected chi connectivity index (χ0v) is 11.7. The number of hydrogen-bond acceptors (Lipinski definition) is 7. The van der Waals surface area contributed by atoms with Gasteiger partial charge in [-0.05, 0) is 0 Å². The molecule has 106 valence electrons. The second-order valence-electron chi connectivity index (χ2n) is 4.33. The summed E-state index contributed by atoms with van der Waals surface area (Å²) in [5, 5.41) is 9.02. The van der Waals surface area contributed by atoms with Crippen molar-refractivity contribution in [1.82, 2.24) is 4.90 Å². The molecule has 0 aromatic rings. The lowest BCUT2D eigenvalue weighted by Crippen LogP contribution is -2.68. The summed E-state index contributed by atoms with van der Waals surface area (Å²) >= 11 is 2.59. The number of amides is 1. The number of β-lactam (4-membered cyclic amide) rings is 1. The number of nitrogens with zero attached hydrogens (tertiary/aromatic N) is 1. The maximum Gasteiger partial charge on any atom is 0.353 e. The molecule has 0 aliphatic carbocycles. The summed E-state index contributed by atoms with van der Waals surface area (Å²) in [6.45, 7) is 0.140. The van der Waals surface area contributed by atoms with E-state index in [1.807, 2.05) is 0 Å². The minimum Gasteiger partial charge on any atom is -0.477 e. The van der Waals surface area contributed by atoms with Crippen LogP contribution >= 0.6 is 23.5 Å². The van der Waals surface area contributed by atoms with E-state index in [2.05, 4.69) is 0 Å². The van der Waals surface area contributed by atoms with E-state index < -0.39 is 18.0 Å². The standard InChI is InChI=1S/C11H10N2O5S2/c12-7-9(15)13-8(11(16)17)5(3-19-10(7)13)20-4-1-6(14)18-2-4/h1,7,10H,2-3,12H2,(H,16,17)/t7-,10-/m1/s1. The normalized spacial score (nSPS) is 28.9. The number of carboxylic acid groups (broad SMARTS) is 1. The van der Waals surface area contributed by atoms with Crippen molar-refractivity contribution in [3.63, 3.8) is 0 Å². The van der Waals surface area contributed by atoms with E-state index in [1.54, 1.807) is 0 Å². The Morgan fingerprint density at radius 2 is 2.30 bits per heavy atom. The van der Waals surface area contributed by atoms with E-state index in [1.165, 1.54) is 34.5 Å². The van der Waals surface area contributed by atoms with Crippen molar-refractivity contribution in [2.45, 2.75) is 11.4 Å². The number of carbonyl (C=O) groups excluding carboxylic acids is 2. The minimum atomic E-state index is -1.16. The lowest BCUT2D eigenvalue weighted by atomic mass is 10.1. The van der Waals surface area contributed by atoms with E-state index >= 15 is 0 Å². The largest absolute Gasteiger partial charge is 0.477 e. The van der Waals surface area contributed by atoms with Gasteiger partial charge < -0.3 is 15.6 Å². The van der Waals surface area contributed by atoms with Crippen LogP contribution in [-0.4, -0.2) is 51.6 Å². The Kier molecular flexibility index (Phi) is 3.27. The van der Waals surface area contributed by atoms with Gasteiger partial charge in [0.2, 0.25) is 5.91 Å². The van der Waals surface area contributed by atoms with Crippen LogP contribution in [0.15, 0.2) is 21.6 Å². The number of cyclic esters (lactones) is 1. The zero-order chi connectivity index (χ0) is 14.4. The van der Waals surface area contributed by atoms with Crippen molar-refractivity contribution in [1.29, 1.82) is 0 Å². The molecule has 9 heteroatoms.